The van der Waals surface area contributed by atoms with E-state index in [2.05, 4.69) is 29.2 Å². The molecule has 1 fully saturated rings. The first-order chi connectivity index (χ1) is 9.50. The molecule has 110 valence electrons. The van der Waals surface area contributed by atoms with Crippen molar-refractivity contribution < 1.29 is 4.92 Å². The molecule has 0 radical (unpaired) electrons. The zero-order valence-electron chi connectivity index (χ0n) is 11.8. The second-order valence-corrected chi connectivity index (χ2v) is 5.45. The van der Waals surface area contributed by atoms with E-state index < -0.39 is 4.92 Å². The van der Waals surface area contributed by atoms with Crippen LogP contribution in [0.2, 0.25) is 0 Å². The zero-order chi connectivity index (χ0) is 14.8. The molecule has 20 heavy (non-hydrogen) atoms. The molecule has 1 aromatic heterocycles. The summed E-state index contributed by atoms with van der Waals surface area (Å²) in [5.74, 6) is 5.68. The molecule has 0 atom stereocenters. The van der Waals surface area contributed by atoms with Crippen LogP contribution in [0.15, 0.2) is 6.33 Å². The fourth-order valence-electron chi connectivity index (χ4n) is 2.49. The quantitative estimate of drug-likeness (QED) is 0.490. The van der Waals surface area contributed by atoms with Crippen LogP contribution in [0.1, 0.15) is 33.1 Å². The minimum Gasteiger partial charge on any atom is -0.351 e. The molecule has 1 saturated heterocycles. The number of hydrogen-bond donors (Lipinski definition) is 2. The van der Waals surface area contributed by atoms with Crippen LogP contribution in [0.3, 0.4) is 0 Å². The van der Waals surface area contributed by atoms with Gasteiger partial charge in [-0.25, -0.2) is 15.8 Å². The van der Waals surface area contributed by atoms with Crippen molar-refractivity contribution in [3.63, 3.8) is 0 Å². The fourth-order valence-corrected chi connectivity index (χ4v) is 2.49. The molecule has 1 aromatic rings. The van der Waals surface area contributed by atoms with E-state index in [0.29, 0.717) is 11.2 Å². The Hall–Kier alpha value is -1.96. The van der Waals surface area contributed by atoms with Crippen LogP contribution in [0.4, 0.5) is 17.3 Å². The highest BCUT2D eigenvalue weighted by atomic mass is 16.6. The number of nitrogens with zero attached hydrogens (tertiary/aromatic N) is 4. The number of aromatic nitrogens is 2. The Morgan fingerprint density at radius 1 is 1.50 bits per heavy atom. The van der Waals surface area contributed by atoms with Crippen LogP contribution in [-0.4, -0.2) is 28.0 Å². The SMILES string of the molecule is CCC1(C)CCN(c2ncnc(NN)c2[N+](=O)[O-])CC1. The summed E-state index contributed by atoms with van der Waals surface area (Å²) in [6, 6.07) is 0. The van der Waals surface area contributed by atoms with Gasteiger partial charge in [0.2, 0.25) is 11.6 Å². The molecule has 0 aromatic carbocycles. The van der Waals surface area contributed by atoms with Crippen molar-refractivity contribution >= 4 is 17.3 Å². The van der Waals surface area contributed by atoms with Gasteiger partial charge in [-0.15, -0.1) is 0 Å². The molecule has 8 heteroatoms. The van der Waals surface area contributed by atoms with Crippen molar-refractivity contribution in [3.8, 4) is 0 Å². The molecule has 0 amide bonds. The summed E-state index contributed by atoms with van der Waals surface area (Å²) in [5.41, 5.74) is 2.42. The second kappa shape index (κ2) is 5.58. The molecular formula is C12H20N6O2. The monoisotopic (exact) mass is 280 g/mol. The van der Waals surface area contributed by atoms with E-state index in [1.165, 1.54) is 6.33 Å². The van der Waals surface area contributed by atoms with Gasteiger partial charge in [0, 0.05) is 13.1 Å². The topological polar surface area (TPSA) is 110 Å². The Balaban J connectivity index is 2.28. The largest absolute Gasteiger partial charge is 0.354 e. The minimum absolute atomic E-state index is 0.0452. The number of nitrogens with one attached hydrogen (secondary N) is 1. The summed E-state index contributed by atoms with van der Waals surface area (Å²) in [6.07, 6.45) is 4.40. The van der Waals surface area contributed by atoms with Crippen molar-refractivity contribution in [2.24, 2.45) is 11.3 Å². The van der Waals surface area contributed by atoms with Crippen LogP contribution >= 0.6 is 0 Å². The van der Waals surface area contributed by atoms with E-state index in [-0.39, 0.29) is 11.5 Å². The van der Waals surface area contributed by atoms with Gasteiger partial charge in [-0.05, 0) is 18.3 Å². The summed E-state index contributed by atoms with van der Waals surface area (Å²) in [4.78, 5) is 20.6. The van der Waals surface area contributed by atoms with Crippen LogP contribution in [-0.2, 0) is 0 Å². The summed E-state index contributed by atoms with van der Waals surface area (Å²) >= 11 is 0. The van der Waals surface area contributed by atoms with E-state index in [4.69, 9.17) is 5.84 Å². The molecule has 0 bridgehead atoms. The van der Waals surface area contributed by atoms with E-state index >= 15 is 0 Å². The Bertz CT molecular complexity index is 499. The van der Waals surface area contributed by atoms with Crippen LogP contribution < -0.4 is 16.2 Å². The normalized spacial score (nSPS) is 17.9. The Kier molecular flexibility index (Phi) is 4.03. The van der Waals surface area contributed by atoms with Gasteiger partial charge in [-0.1, -0.05) is 20.3 Å². The Morgan fingerprint density at radius 3 is 2.65 bits per heavy atom. The minimum atomic E-state index is -0.488. The van der Waals surface area contributed by atoms with Gasteiger partial charge in [0.1, 0.15) is 6.33 Å². The molecular weight excluding hydrogens is 260 g/mol. The molecule has 8 nitrogen and oxygen atoms in total. The first-order valence-electron chi connectivity index (χ1n) is 6.71. The first-order valence-corrected chi connectivity index (χ1v) is 6.71. The van der Waals surface area contributed by atoms with Gasteiger partial charge in [-0.2, -0.15) is 0 Å². The average Bonchev–Trinajstić information content (AvgIpc) is 2.47. The van der Waals surface area contributed by atoms with E-state index in [1.807, 2.05) is 4.90 Å². The molecule has 0 unspecified atom stereocenters. The van der Waals surface area contributed by atoms with Gasteiger partial charge < -0.3 is 10.3 Å². The maximum absolute atomic E-state index is 11.2. The van der Waals surface area contributed by atoms with Crippen molar-refractivity contribution in [2.75, 3.05) is 23.4 Å². The predicted molar refractivity (Wildman–Crippen MR) is 76.3 cm³/mol. The summed E-state index contributed by atoms with van der Waals surface area (Å²) < 4.78 is 0. The third-order valence-corrected chi connectivity index (χ3v) is 4.25. The number of piperidine rings is 1. The maximum atomic E-state index is 11.2. The van der Waals surface area contributed by atoms with E-state index in [9.17, 15) is 10.1 Å². The first kappa shape index (κ1) is 14.4. The fraction of sp³-hybridized carbons (Fsp3) is 0.667. The van der Waals surface area contributed by atoms with Crippen molar-refractivity contribution in [3.05, 3.63) is 16.4 Å². The number of nitrogen functional groups attached to an aromatic ring is 1. The molecule has 2 heterocycles. The molecule has 0 spiro atoms. The zero-order valence-corrected chi connectivity index (χ0v) is 11.8. The molecule has 0 aliphatic carbocycles. The van der Waals surface area contributed by atoms with Crippen molar-refractivity contribution in [1.29, 1.82) is 0 Å². The lowest BCUT2D eigenvalue weighted by Gasteiger charge is -2.39. The average molecular weight is 280 g/mol. The number of rotatable bonds is 4. The van der Waals surface area contributed by atoms with Crippen molar-refractivity contribution in [1.82, 2.24) is 9.97 Å². The van der Waals surface area contributed by atoms with Crippen LogP contribution in [0.5, 0.6) is 0 Å². The van der Waals surface area contributed by atoms with Crippen LogP contribution in [0.25, 0.3) is 0 Å². The standard InChI is InChI=1S/C12H20N6O2/c1-3-12(2)4-6-17(7-5-12)11-9(18(19)20)10(16-13)14-8-15-11/h8H,3-7,13H2,1-2H3,(H,14,15,16). The van der Waals surface area contributed by atoms with Gasteiger partial charge in [-0.3, -0.25) is 10.1 Å². The second-order valence-electron chi connectivity index (χ2n) is 5.45. The lowest BCUT2D eigenvalue weighted by Crippen LogP contribution is -2.39. The van der Waals surface area contributed by atoms with Gasteiger partial charge in [0.25, 0.3) is 0 Å². The highest BCUT2D eigenvalue weighted by molar-refractivity contribution is 5.69. The third kappa shape index (κ3) is 2.64. The smallest absolute Gasteiger partial charge is 0.351 e. The Morgan fingerprint density at radius 2 is 2.15 bits per heavy atom. The molecule has 3 N–H and O–H groups in total. The lowest BCUT2D eigenvalue weighted by atomic mass is 9.78. The molecule has 1 aliphatic rings. The maximum Gasteiger partial charge on any atom is 0.354 e. The Labute approximate surface area is 117 Å². The highest BCUT2D eigenvalue weighted by Gasteiger charge is 2.33. The summed E-state index contributed by atoms with van der Waals surface area (Å²) in [6.45, 7) is 5.95. The lowest BCUT2D eigenvalue weighted by molar-refractivity contribution is -0.383. The number of hydrogen-bond acceptors (Lipinski definition) is 7. The molecule has 1 aliphatic heterocycles. The third-order valence-electron chi connectivity index (χ3n) is 4.25. The number of hydrazine groups is 1. The predicted octanol–water partition coefficient (Wildman–Crippen LogP) is 1.69. The highest BCUT2D eigenvalue weighted by Crippen LogP contribution is 2.38. The van der Waals surface area contributed by atoms with Crippen molar-refractivity contribution in [2.45, 2.75) is 33.1 Å². The van der Waals surface area contributed by atoms with E-state index in [0.717, 1.165) is 32.4 Å². The summed E-state index contributed by atoms with van der Waals surface area (Å²) in [5, 5.41) is 11.2. The van der Waals surface area contributed by atoms with E-state index in [1.54, 1.807) is 0 Å². The molecule has 2 rings (SSSR count). The number of nitro groups is 1. The van der Waals surface area contributed by atoms with Gasteiger partial charge in [0.15, 0.2) is 0 Å². The van der Waals surface area contributed by atoms with Gasteiger partial charge in [0.05, 0.1) is 4.92 Å². The van der Waals surface area contributed by atoms with Gasteiger partial charge >= 0.3 is 5.69 Å². The number of nitrogens with two attached hydrogens (primary N) is 1. The van der Waals surface area contributed by atoms with Crippen LogP contribution in [0, 0.1) is 15.5 Å². The summed E-state index contributed by atoms with van der Waals surface area (Å²) in [7, 11) is 0. The molecule has 0 saturated carbocycles. The number of anilines is 2.